The number of aliphatic hydroxyl groups is 1. The maximum absolute atomic E-state index is 10.4. The van der Waals surface area contributed by atoms with Crippen molar-refractivity contribution in [3.05, 3.63) is 65.8 Å². The van der Waals surface area contributed by atoms with E-state index in [0.717, 1.165) is 0 Å². The number of carbonyl (C=O) groups is 1. The monoisotopic (exact) mass is 342 g/mol. The largest absolute Gasteiger partial charge is 0.545 e. The number of carboxylic acids is 1. The van der Waals surface area contributed by atoms with Gasteiger partial charge in [0.05, 0.1) is 28.5 Å². The Labute approximate surface area is 134 Å². The molecule has 0 radical (unpaired) electrons. The molecule has 24 heavy (non-hydrogen) atoms. The molecular weight excluding hydrogens is 330 g/mol. The number of nitro benzene ring substituents is 2. The quantitative estimate of drug-likeness (QED) is 0.423. The van der Waals surface area contributed by atoms with Crippen LogP contribution >= 0.6 is 0 Å². The Kier molecular flexibility index (Phi) is 8.21. The Morgan fingerprint density at radius 2 is 1.54 bits per heavy atom. The predicted octanol–water partition coefficient (Wildman–Crippen LogP) is 0.0682. The van der Waals surface area contributed by atoms with E-state index in [9.17, 15) is 40.2 Å². The highest BCUT2D eigenvalue weighted by molar-refractivity contribution is 5.87. The second-order valence-electron chi connectivity index (χ2n) is 4.26. The molecule has 0 saturated carbocycles. The second-order valence-corrected chi connectivity index (χ2v) is 4.26. The summed E-state index contributed by atoms with van der Waals surface area (Å²) in [5.41, 5.74) is -1.34. The van der Waals surface area contributed by atoms with Gasteiger partial charge in [-0.2, -0.15) is 0 Å². The van der Waals surface area contributed by atoms with E-state index in [4.69, 9.17) is 5.11 Å². The van der Waals surface area contributed by atoms with Crippen molar-refractivity contribution in [1.29, 1.82) is 0 Å². The van der Waals surface area contributed by atoms with Gasteiger partial charge in [0, 0.05) is 22.6 Å². The predicted molar refractivity (Wildman–Crippen MR) is 76.8 cm³/mol. The minimum atomic E-state index is -1.71. The van der Waals surface area contributed by atoms with Crippen molar-refractivity contribution in [3.63, 3.8) is 0 Å². The van der Waals surface area contributed by atoms with Gasteiger partial charge in [-0.25, -0.2) is 0 Å². The van der Waals surface area contributed by atoms with Crippen LogP contribution in [0.3, 0.4) is 0 Å². The van der Waals surface area contributed by atoms with E-state index in [0.29, 0.717) is 23.8 Å². The minimum Gasteiger partial charge on any atom is -0.545 e. The van der Waals surface area contributed by atoms with Gasteiger partial charge in [-0.1, -0.05) is 6.08 Å². The number of carboxylic acid groups (broad SMARTS) is 1. The molecule has 0 unspecified atom stereocenters. The van der Waals surface area contributed by atoms with E-state index in [1.165, 1.54) is 6.08 Å². The van der Waals surface area contributed by atoms with Crippen molar-refractivity contribution < 1.29 is 29.8 Å². The van der Waals surface area contributed by atoms with Gasteiger partial charge in [0.15, 0.2) is 0 Å². The van der Waals surface area contributed by atoms with Crippen molar-refractivity contribution in [3.8, 4) is 0 Å². The molecule has 1 N–H and O–H groups in total. The molecule has 12 nitrogen and oxygen atoms in total. The highest BCUT2D eigenvalue weighted by Gasteiger charge is 2.16. The first-order valence-corrected chi connectivity index (χ1v) is 6.12. The summed E-state index contributed by atoms with van der Waals surface area (Å²) in [5, 5.41) is 49.1. The summed E-state index contributed by atoms with van der Waals surface area (Å²) in [5.74, 6) is -1.71. The average Bonchev–Trinajstić information content (AvgIpc) is 2.46. The first-order chi connectivity index (χ1) is 11.1. The van der Waals surface area contributed by atoms with Gasteiger partial charge in [0.2, 0.25) is 6.54 Å². The molecule has 0 fully saturated rings. The zero-order valence-corrected chi connectivity index (χ0v) is 12.3. The van der Waals surface area contributed by atoms with Crippen molar-refractivity contribution in [2.24, 2.45) is 0 Å². The van der Waals surface area contributed by atoms with E-state index >= 15 is 0 Å². The number of benzene rings is 1. The molecule has 12 heteroatoms. The molecule has 0 amide bonds. The SMILES string of the molecule is CC(=CCO)C[N+](=O)[O-].O=C([O-])c1cc([N+](=O)[O-])cc([N+](=O)[O-])c1. The Hall–Kier alpha value is -3.41. The first-order valence-electron chi connectivity index (χ1n) is 6.12. The molecule has 0 aliphatic rings. The Bertz CT molecular complexity index is 605. The maximum Gasteiger partial charge on any atom is 0.276 e. The molecule has 1 aromatic rings. The van der Waals surface area contributed by atoms with Gasteiger partial charge in [0.25, 0.3) is 11.4 Å². The lowest BCUT2D eigenvalue weighted by Crippen LogP contribution is -2.22. The van der Waals surface area contributed by atoms with Gasteiger partial charge >= 0.3 is 0 Å². The molecule has 0 aromatic heterocycles. The number of rotatable bonds is 6. The van der Waals surface area contributed by atoms with Crippen LogP contribution in [-0.4, -0.2) is 39.0 Å². The van der Waals surface area contributed by atoms with Crippen LogP contribution < -0.4 is 5.11 Å². The molecule has 0 bridgehead atoms. The normalized spacial score (nSPS) is 10.3. The van der Waals surface area contributed by atoms with Crippen molar-refractivity contribution in [2.75, 3.05) is 13.2 Å². The number of non-ortho nitro benzene ring substituents is 2. The lowest BCUT2D eigenvalue weighted by atomic mass is 10.2. The van der Waals surface area contributed by atoms with Gasteiger partial charge in [-0.05, 0) is 12.5 Å². The van der Waals surface area contributed by atoms with Crippen LogP contribution in [0.4, 0.5) is 11.4 Å². The highest BCUT2D eigenvalue weighted by atomic mass is 16.6. The number of aromatic carboxylic acids is 1. The maximum atomic E-state index is 10.4. The van der Waals surface area contributed by atoms with Crippen LogP contribution in [0.2, 0.25) is 0 Å². The van der Waals surface area contributed by atoms with E-state index in [2.05, 4.69) is 0 Å². The zero-order valence-electron chi connectivity index (χ0n) is 12.3. The number of carbonyl (C=O) groups excluding carboxylic acids is 1. The van der Waals surface area contributed by atoms with E-state index < -0.39 is 37.7 Å². The zero-order chi connectivity index (χ0) is 18.9. The summed E-state index contributed by atoms with van der Waals surface area (Å²) in [6, 6.07) is 2.07. The van der Waals surface area contributed by atoms with E-state index in [-0.39, 0.29) is 13.2 Å². The molecule has 1 rings (SSSR count). The van der Waals surface area contributed by atoms with Crippen LogP contribution in [0.5, 0.6) is 0 Å². The van der Waals surface area contributed by atoms with Gasteiger partial charge in [0.1, 0.15) is 0 Å². The smallest absolute Gasteiger partial charge is 0.276 e. The van der Waals surface area contributed by atoms with Gasteiger partial charge < -0.3 is 15.0 Å². The number of hydrogen-bond donors (Lipinski definition) is 1. The molecule has 0 saturated heterocycles. The third-order valence-corrected chi connectivity index (χ3v) is 2.38. The molecule has 1 aromatic carbocycles. The number of nitrogens with zero attached hydrogens (tertiary/aromatic N) is 3. The topological polar surface area (TPSA) is 190 Å². The average molecular weight is 342 g/mol. The second kappa shape index (κ2) is 9.58. The Morgan fingerprint density at radius 1 is 1.08 bits per heavy atom. The summed E-state index contributed by atoms with van der Waals surface area (Å²) in [6.07, 6.45) is 1.42. The number of aliphatic hydroxyl groups excluding tert-OH is 1. The summed E-state index contributed by atoms with van der Waals surface area (Å²) in [4.78, 5) is 38.5. The lowest BCUT2D eigenvalue weighted by molar-refractivity contribution is -0.470. The summed E-state index contributed by atoms with van der Waals surface area (Å²) < 4.78 is 0. The molecule has 0 aliphatic heterocycles. The summed E-state index contributed by atoms with van der Waals surface area (Å²) >= 11 is 0. The first kappa shape index (κ1) is 20.6. The fourth-order valence-electron chi connectivity index (χ4n) is 1.35. The standard InChI is InChI=1S/C7H4N2O6.C5H9NO3/c10-7(11)4-1-5(8(12)13)3-6(2-4)9(14)15;1-5(2-3-7)4-6(8)9/h1-3H,(H,10,11);2,7H,3-4H2,1H3/p-1. The van der Waals surface area contributed by atoms with Crippen LogP contribution in [0.1, 0.15) is 17.3 Å². The van der Waals surface area contributed by atoms with Crippen LogP contribution in [0, 0.1) is 30.3 Å². The minimum absolute atomic E-state index is 0.125. The summed E-state index contributed by atoms with van der Waals surface area (Å²) in [7, 11) is 0. The van der Waals surface area contributed by atoms with Gasteiger partial charge in [-0.15, -0.1) is 0 Å². The Morgan fingerprint density at radius 3 is 1.83 bits per heavy atom. The molecule has 0 heterocycles. The number of nitro groups is 3. The van der Waals surface area contributed by atoms with Crippen LogP contribution in [-0.2, 0) is 0 Å². The van der Waals surface area contributed by atoms with Crippen LogP contribution in [0.25, 0.3) is 0 Å². The molecular formula is C12H12N3O9-. The lowest BCUT2D eigenvalue weighted by Gasteiger charge is -2.01. The molecule has 0 atom stereocenters. The Balaban J connectivity index is 0.000000506. The molecule has 130 valence electrons. The third-order valence-electron chi connectivity index (χ3n) is 2.38. The fraction of sp³-hybridized carbons (Fsp3) is 0.250. The number of hydrogen-bond acceptors (Lipinski definition) is 9. The van der Waals surface area contributed by atoms with Gasteiger partial charge in [-0.3, -0.25) is 30.3 Å². The van der Waals surface area contributed by atoms with E-state index in [1.54, 1.807) is 6.92 Å². The molecule has 0 aliphatic carbocycles. The van der Waals surface area contributed by atoms with Crippen molar-refractivity contribution in [2.45, 2.75) is 6.92 Å². The van der Waals surface area contributed by atoms with E-state index in [1.807, 2.05) is 0 Å². The molecule has 0 spiro atoms. The highest BCUT2D eigenvalue weighted by Crippen LogP contribution is 2.22. The van der Waals surface area contributed by atoms with Crippen molar-refractivity contribution >= 4 is 17.3 Å². The fourth-order valence-corrected chi connectivity index (χ4v) is 1.35. The summed E-state index contributed by atoms with van der Waals surface area (Å²) in [6.45, 7) is 1.30. The van der Waals surface area contributed by atoms with Crippen molar-refractivity contribution in [1.82, 2.24) is 0 Å². The third kappa shape index (κ3) is 7.56. The van der Waals surface area contributed by atoms with Crippen LogP contribution in [0.15, 0.2) is 29.8 Å².